The normalized spacial score (nSPS) is 24.1. The van der Waals surface area contributed by atoms with Crippen LogP contribution < -0.4 is 27.0 Å². The summed E-state index contributed by atoms with van der Waals surface area (Å²) in [6.45, 7) is 8.53. The summed E-state index contributed by atoms with van der Waals surface area (Å²) in [5.74, 6) is 0.793. The van der Waals surface area contributed by atoms with Crippen molar-refractivity contribution in [3.63, 3.8) is 0 Å². The number of ether oxygens (including phenoxy) is 3. The molecule has 2 fully saturated rings. The van der Waals surface area contributed by atoms with E-state index in [1.54, 1.807) is 17.7 Å². The van der Waals surface area contributed by atoms with Crippen LogP contribution in [0.4, 0.5) is 22.1 Å². The van der Waals surface area contributed by atoms with Crippen molar-refractivity contribution in [2.45, 2.75) is 56.8 Å². The first kappa shape index (κ1) is 28.3. The zero-order valence-corrected chi connectivity index (χ0v) is 25.8. The van der Waals surface area contributed by atoms with E-state index in [9.17, 15) is 9.59 Å². The number of aromatic nitrogens is 2. The van der Waals surface area contributed by atoms with Crippen molar-refractivity contribution in [1.82, 2.24) is 9.55 Å². The van der Waals surface area contributed by atoms with Crippen LogP contribution in [0.25, 0.3) is 10.8 Å². The van der Waals surface area contributed by atoms with Crippen LogP contribution in [0.5, 0.6) is 0 Å². The monoisotopic (exact) mass is 611 g/mol. The van der Waals surface area contributed by atoms with Crippen LogP contribution in [0.2, 0.25) is 5.04 Å². The number of nitrogen functional groups attached to an aromatic ring is 1. The lowest BCUT2D eigenvalue weighted by Crippen LogP contribution is -2.67. The summed E-state index contributed by atoms with van der Waals surface area (Å²) in [7, 11) is -2.92. The number of carbonyl (C=O) groups excluding carboxylic acids is 1. The predicted molar refractivity (Wildman–Crippen MR) is 169 cm³/mol. The largest absolute Gasteiger partial charge is 0.509 e. The van der Waals surface area contributed by atoms with Crippen LogP contribution in [-0.4, -0.2) is 54.8 Å². The van der Waals surface area contributed by atoms with E-state index in [0.717, 1.165) is 10.4 Å². The molecule has 4 unspecified atom stereocenters. The molecule has 5 heterocycles. The van der Waals surface area contributed by atoms with Gasteiger partial charge in [0.2, 0.25) is 0 Å². The first-order valence-electron chi connectivity index (χ1n) is 14.5. The van der Waals surface area contributed by atoms with Gasteiger partial charge in [-0.3, -0.25) is 4.79 Å². The van der Waals surface area contributed by atoms with E-state index >= 15 is 0 Å². The number of rotatable bonds is 6. The van der Waals surface area contributed by atoms with Gasteiger partial charge in [0.1, 0.15) is 17.7 Å². The molecule has 0 saturated carbocycles. The number of hydrogen-bond acceptors (Lipinski definition) is 10. The molecule has 0 radical (unpaired) electrons. The van der Waals surface area contributed by atoms with E-state index in [-0.39, 0.29) is 17.3 Å². The van der Waals surface area contributed by atoms with E-state index in [4.69, 9.17) is 24.4 Å². The predicted octanol–water partition coefficient (Wildman–Crippen LogP) is 3.83. The zero-order chi connectivity index (χ0) is 30.9. The number of nitrogens with one attached hydrogen (secondary N) is 1. The van der Waals surface area contributed by atoms with Crippen molar-refractivity contribution >= 4 is 59.3 Å². The van der Waals surface area contributed by atoms with Gasteiger partial charge in [-0.1, -0.05) is 81.4 Å². The second-order valence-electron chi connectivity index (χ2n) is 12.5. The third-order valence-electron chi connectivity index (χ3n) is 8.80. The van der Waals surface area contributed by atoms with Crippen molar-refractivity contribution in [3.05, 3.63) is 83.3 Å². The molecule has 7 rings (SSSR count). The minimum absolute atomic E-state index is 0.144. The number of nitrogens with zero attached hydrogens (tertiary/aromatic N) is 3. The lowest BCUT2D eigenvalue weighted by molar-refractivity contribution is -0.0899. The number of hydrogen-bond donors (Lipinski definition) is 2. The van der Waals surface area contributed by atoms with Crippen molar-refractivity contribution in [2.75, 3.05) is 17.7 Å². The Bertz CT molecular complexity index is 1820. The topological polar surface area (TPSA) is 139 Å². The van der Waals surface area contributed by atoms with Crippen molar-refractivity contribution < 1.29 is 23.4 Å². The summed E-state index contributed by atoms with van der Waals surface area (Å²) >= 11 is 0. The quantitative estimate of drug-likeness (QED) is 0.246. The summed E-state index contributed by atoms with van der Waals surface area (Å²) in [4.78, 5) is 33.6. The number of aliphatic imine (C=N–C) groups is 1. The van der Waals surface area contributed by atoms with Crippen LogP contribution >= 0.6 is 0 Å². The van der Waals surface area contributed by atoms with E-state index in [1.807, 2.05) is 36.4 Å². The molecule has 2 aromatic carbocycles. The Labute approximate surface area is 254 Å². The van der Waals surface area contributed by atoms with E-state index in [1.165, 1.54) is 12.4 Å². The summed E-state index contributed by atoms with van der Waals surface area (Å²) in [6, 6.07) is 21.9. The van der Waals surface area contributed by atoms with E-state index < -0.39 is 44.1 Å². The fraction of sp³-hybridized carbons (Fsp3) is 0.312. The summed E-state index contributed by atoms with van der Waals surface area (Å²) in [5, 5.41) is 6.05. The Kier molecular flexibility index (Phi) is 6.43. The molecule has 3 aliphatic heterocycles. The van der Waals surface area contributed by atoms with Crippen molar-refractivity contribution in [3.8, 4) is 0 Å². The average molecular weight is 612 g/mol. The molecule has 2 aromatic heterocycles. The second-order valence-corrected chi connectivity index (χ2v) is 16.8. The molecular formula is C32H33N5O6Si. The smallest absolute Gasteiger partial charge is 0.424 e. The van der Waals surface area contributed by atoms with Crippen LogP contribution in [0.15, 0.2) is 82.7 Å². The fourth-order valence-corrected chi connectivity index (χ4v) is 11.4. The highest BCUT2D eigenvalue weighted by atomic mass is 28.4. The summed E-state index contributed by atoms with van der Waals surface area (Å²) < 4.78 is 27.2. The minimum atomic E-state index is -2.92. The molecule has 2 saturated heterocycles. The van der Waals surface area contributed by atoms with Crippen molar-refractivity contribution in [2.24, 2.45) is 4.99 Å². The van der Waals surface area contributed by atoms with E-state index in [2.05, 4.69) is 60.3 Å². The Morgan fingerprint density at radius 2 is 1.73 bits per heavy atom. The maximum Gasteiger partial charge on any atom is 0.509 e. The highest BCUT2D eigenvalue weighted by Crippen LogP contribution is 2.51. The molecule has 3 N–H and O–H groups in total. The Hall–Kier alpha value is -4.52. The molecule has 4 atom stereocenters. The molecular weight excluding hydrogens is 578 g/mol. The third-order valence-corrected chi connectivity index (χ3v) is 13.8. The van der Waals surface area contributed by atoms with Crippen LogP contribution in [0.3, 0.4) is 0 Å². The number of nitrogens with two attached hydrogens (primary N) is 1. The summed E-state index contributed by atoms with van der Waals surface area (Å²) in [6.07, 6.45) is 0.155. The first-order chi connectivity index (χ1) is 21.0. The van der Waals surface area contributed by atoms with Gasteiger partial charge < -0.3 is 34.3 Å². The van der Waals surface area contributed by atoms with Gasteiger partial charge in [0.05, 0.1) is 18.3 Å². The van der Waals surface area contributed by atoms with Gasteiger partial charge in [-0.05, 0) is 22.3 Å². The zero-order valence-electron chi connectivity index (χ0n) is 24.8. The molecule has 0 aliphatic carbocycles. The Morgan fingerprint density at radius 1 is 1.07 bits per heavy atom. The van der Waals surface area contributed by atoms with Gasteiger partial charge in [0, 0.05) is 23.3 Å². The number of benzene rings is 2. The molecule has 4 aromatic rings. The SMILES string of the molecule is CC12OC(=O)OC1C(CO[Si](c1ccccc1)(c1ccccc1)C(C)(C)C)OC2n1cc2c(N)cc(=O)nc3c2c1N=CN3. The van der Waals surface area contributed by atoms with Crippen LogP contribution in [0.1, 0.15) is 33.9 Å². The molecule has 44 heavy (non-hydrogen) atoms. The number of anilines is 2. The summed E-state index contributed by atoms with van der Waals surface area (Å²) in [5.41, 5.74) is 4.86. The maximum absolute atomic E-state index is 12.7. The lowest BCUT2D eigenvalue weighted by atomic mass is 9.96. The molecule has 11 nitrogen and oxygen atoms in total. The second kappa shape index (κ2) is 10.0. The van der Waals surface area contributed by atoms with Gasteiger partial charge in [0.25, 0.3) is 13.9 Å². The number of fused-ring (bicyclic) bond motifs is 1. The Balaban J connectivity index is 1.31. The van der Waals surface area contributed by atoms with Gasteiger partial charge in [-0.2, -0.15) is 4.98 Å². The van der Waals surface area contributed by atoms with Crippen molar-refractivity contribution in [1.29, 1.82) is 0 Å². The molecule has 0 spiro atoms. The van der Waals surface area contributed by atoms with Gasteiger partial charge >= 0.3 is 6.16 Å². The molecule has 0 amide bonds. The van der Waals surface area contributed by atoms with Crippen LogP contribution in [0, 0.1) is 0 Å². The standard InChI is InChI=1S/C32H33N5O6Si/c1-31(2,3)44(19-11-7-5-8-12-19,20-13-9-6-10-14-20)40-17-23-26-32(4,43-30(39)42-26)29(41-23)37-16-21-22(33)15-24(38)36-27-25(21)28(37)35-18-34-27/h5-16,18,23,26,29H,17,33H2,1-4H3,(H,34,35,36,38). The van der Waals surface area contributed by atoms with E-state index in [0.29, 0.717) is 22.4 Å². The van der Waals surface area contributed by atoms with Gasteiger partial charge in [0.15, 0.2) is 17.9 Å². The lowest BCUT2D eigenvalue weighted by Gasteiger charge is -2.43. The molecule has 0 bridgehead atoms. The number of carbonyl (C=O) groups is 1. The minimum Gasteiger partial charge on any atom is -0.424 e. The Morgan fingerprint density at radius 3 is 2.36 bits per heavy atom. The van der Waals surface area contributed by atoms with Gasteiger partial charge in [-0.25, -0.2) is 9.79 Å². The third kappa shape index (κ3) is 4.16. The molecule has 226 valence electrons. The molecule has 12 heteroatoms. The fourth-order valence-electron chi connectivity index (χ4n) is 6.87. The highest BCUT2D eigenvalue weighted by Gasteiger charge is 2.65. The first-order valence-corrected chi connectivity index (χ1v) is 16.4. The molecule has 3 aliphatic rings. The van der Waals surface area contributed by atoms with Crippen LogP contribution in [-0.2, 0) is 18.6 Å². The average Bonchev–Trinajstić information content (AvgIpc) is 3.57. The maximum atomic E-state index is 12.7. The highest BCUT2D eigenvalue weighted by molar-refractivity contribution is 6.99. The van der Waals surface area contributed by atoms with Gasteiger partial charge in [-0.15, -0.1) is 0 Å².